The van der Waals surface area contributed by atoms with Crippen LogP contribution in [0.4, 0.5) is 0 Å². The summed E-state index contributed by atoms with van der Waals surface area (Å²) in [6.07, 6.45) is 4.96. The number of para-hydroxylation sites is 1. The number of nitrogens with one attached hydrogen (secondary N) is 1. The van der Waals surface area contributed by atoms with Gasteiger partial charge in [-0.15, -0.1) is 0 Å². The quantitative estimate of drug-likeness (QED) is 0.884. The summed E-state index contributed by atoms with van der Waals surface area (Å²) in [5.74, 6) is 1.09. The Bertz CT molecular complexity index is 423. The molecule has 2 fully saturated rings. The van der Waals surface area contributed by atoms with E-state index in [0.29, 0.717) is 6.10 Å². The van der Waals surface area contributed by atoms with Crippen LogP contribution in [0.2, 0.25) is 0 Å². The van der Waals surface area contributed by atoms with Crippen LogP contribution in [0.15, 0.2) is 18.2 Å². The second-order valence-corrected chi connectivity index (χ2v) is 5.65. The van der Waals surface area contributed by atoms with Gasteiger partial charge in [-0.2, -0.15) is 0 Å². The van der Waals surface area contributed by atoms with Crippen LogP contribution in [0.25, 0.3) is 0 Å². The summed E-state index contributed by atoms with van der Waals surface area (Å²) in [6, 6.07) is 7.17. The van der Waals surface area contributed by atoms with Crippen molar-refractivity contribution >= 4 is 0 Å². The van der Waals surface area contributed by atoms with Crippen molar-refractivity contribution in [3.63, 3.8) is 0 Å². The summed E-state index contributed by atoms with van der Waals surface area (Å²) in [4.78, 5) is 0. The first-order valence-electron chi connectivity index (χ1n) is 7.39. The largest absolute Gasteiger partial charge is 0.490 e. The van der Waals surface area contributed by atoms with Crippen LogP contribution in [-0.4, -0.2) is 25.4 Å². The minimum absolute atomic E-state index is 0.314. The van der Waals surface area contributed by atoms with Gasteiger partial charge in [-0.3, -0.25) is 0 Å². The third-order valence-electron chi connectivity index (χ3n) is 3.90. The van der Waals surface area contributed by atoms with Gasteiger partial charge in [-0.05, 0) is 25.3 Å². The van der Waals surface area contributed by atoms with E-state index in [1.807, 2.05) is 0 Å². The van der Waals surface area contributed by atoms with Crippen molar-refractivity contribution in [3.05, 3.63) is 29.3 Å². The van der Waals surface area contributed by atoms with Gasteiger partial charge in [0.15, 0.2) is 0 Å². The maximum atomic E-state index is 6.25. The molecule has 3 heteroatoms. The number of ether oxygens (including phenoxy) is 2. The topological polar surface area (TPSA) is 30.5 Å². The number of aryl methyl sites for hydroxylation is 1. The maximum Gasteiger partial charge on any atom is 0.127 e. The zero-order valence-corrected chi connectivity index (χ0v) is 11.7. The van der Waals surface area contributed by atoms with Gasteiger partial charge in [0.05, 0.1) is 13.2 Å². The van der Waals surface area contributed by atoms with E-state index >= 15 is 0 Å². The van der Waals surface area contributed by atoms with Crippen LogP contribution >= 0.6 is 0 Å². The molecule has 1 heterocycles. The van der Waals surface area contributed by atoms with Crippen molar-refractivity contribution in [2.75, 3.05) is 13.2 Å². The number of benzene rings is 1. The lowest BCUT2D eigenvalue weighted by atomic mass is 10.1. The first-order valence-corrected chi connectivity index (χ1v) is 7.39. The molecule has 0 unspecified atom stereocenters. The van der Waals surface area contributed by atoms with E-state index in [1.165, 1.54) is 24.0 Å². The minimum Gasteiger partial charge on any atom is -0.490 e. The van der Waals surface area contributed by atoms with Gasteiger partial charge in [0.25, 0.3) is 0 Å². The fraction of sp³-hybridized carbons (Fsp3) is 0.625. The molecule has 1 N–H and O–H groups in total. The van der Waals surface area contributed by atoms with Crippen molar-refractivity contribution in [2.24, 2.45) is 0 Å². The zero-order chi connectivity index (χ0) is 13.1. The fourth-order valence-electron chi connectivity index (χ4n) is 2.52. The molecule has 0 bridgehead atoms. The molecule has 0 amide bonds. The molecule has 1 aliphatic heterocycles. The molecule has 1 aromatic carbocycles. The molecule has 1 saturated carbocycles. The third-order valence-corrected chi connectivity index (χ3v) is 3.90. The second-order valence-electron chi connectivity index (χ2n) is 5.65. The Kier molecular flexibility index (Phi) is 4.04. The van der Waals surface area contributed by atoms with Crippen LogP contribution in [0.3, 0.4) is 0 Å². The number of rotatable bonds is 5. The van der Waals surface area contributed by atoms with Crippen LogP contribution in [0, 0.1) is 6.92 Å². The van der Waals surface area contributed by atoms with Crippen molar-refractivity contribution in [1.29, 1.82) is 0 Å². The zero-order valence-electron chi connectivity index (χ0n) is 11.7. The van der Waals surface area contributed by atoms with Gasteiger partial charge in [-0.25, -0.2) is 0 Å². The highest BCUT2D eigenvalue weighted by atomic mass is 16.5. The van der Waals surface area contributed by atoms with Crippen LogP contribution < -0.4 is 10.1 Å². The SMILES string of the molecule is Cc1cccc(CNC2CC2)c1OC1CCOCC1. The van der Waals surface area contributed by atoms with Gasteiger partial charge < -0.3 is 14.8 Å². The van der Waals surface area contributed by atoms with E-state index in [0.717, 1.165) is 44.4 Å². The third kappa shape index (κ3) is 3.48. The lowest BCUT2D eigenvalue weighted by molar-refractivity contribution is 0.0249. The van der Waals surface area contributed by atoms with Crippen molar-refractivity contribution in [3.8, 4) is 5.75 Å². The van der Waals surface area contributed by atoms with Crippen LogP contribution in [-0.2, 0) is 11.3 Å². The summed E-state index contributed by atoms with van der Waals surface area (Å²) < 4.78 is 11.6. The first-order chi connectivity index (χ1) is 9.33. The Morgan fingerprint density at radius 2 is 2.00 bits per heavy atom. The van der Waals surface area contributed by atoms with E-state index in [-0.39, 0.29) is 0 Å². The molecule has 0 radical (unpaired) electrons. The average Bonchev–Trinajstić information content (AvgIpc) is 3.25. The number of hydrogen-bond donors (Lipinski definition) is 1. The van der Waals surface area contributed by atoms with Crippen molar-refractivity contribution < 1.29 is 9.47 Å². The predicted molar refractivity (Wildman–Crippen MR) is 75.5 cm³/mol. The Morgan fingerprint density at radius 1 is 1.21 bits per heavy atom. The van der Waals surface area contributed by atoms with E-state index < -0.39 is 0 Å². The van der Waals surface area contributed by atoms with Crippen LogP contribution in [0.5, 0.6) is 5.75 Å². The smallest absolute Gasteiger partial charge is 0.127 e. The Morgan fingerprint density at radius 3 is 2.74 bits per heavy atom. The molecule has 1 saturated heterocycles. The standard InChI is InChI=1S/C16H23NO2/c1-12-3-2-4-13(11-17-14-5-6-14)16(12)19-15-7-9-18-10-8-15/h2-4,14-15,17H,5-11H2,1H3. The molecule has 1 aliphatic carbocycles. The predicted octanol–water partition coefficient (Wildman–Crippen LogP) is 2.80. The molecular weight excluding hydrogens is 238 g/mol. The molecule has 3 rings (SSSR count). The highest BCUT2D eigenvalue weighted by Gasteiger charge is 2.22. The van der Waals surface area contributed by atoms with Gasteiger partial charge >= 0.3 is 0 Å². The maximum absolute atomic E-state index is 6.25. The summed E-state index contributed by atoms with van der Waals surface area (Å²) >= 11 is 0. The highest BCUT2D eigenvalue weighted by Crippen LogP contribution is 2.28. The van der Waals surface area contributed by atoms with E-state index in [2.05, 4.69) is 30.4 Å². The summed E-state index contributed by atoms with van der Waals surface area (Å²) in [5, 5.41) is 3.57. The Hall–Kier alpha value is -1.06. The second kappa shape index (κ2) is 5.93. The molecule has 0 aromatic heterocycles. The summed E-state index contributed by atoms with van der Waals surface area (Å²) in [7, 11) is 0. The van der Waals surface area contributed by atoms with E-state index in [1.54, 1.807) is 0 Å². The van der Waals surface area contributed by atoms with Crippen LogP contribution in [0.1, 0.15) is 36.8 Å². The Labute approximate surface area is 115 Å². The minimum atomic E-state index is 0.314. The molecule has 19 heavy (non-hydrogen) atoms. The molecule has 1 aromatic rings. The molecular formula is C16H23NO2. The van der Waals surface area contributed by atoms with Crippen molar-refractivity contribution in [1.82, 2.24) is 5.32 Å². The lowest BCUT2D eigenvalue weighted by Crippen LogP contribution is -2.27. The highest BCUT2D eigenvalue weighted by molar-refractivity contribution is 5.41. The van der Waals surface area contributed by atoms with Crippen molar-refractivity contribution in [2.45, 2.75) is 51.3 Å². The molecule has 0 atom stereocenters. The fourth-order valence-corrected chi connectivity index (χ4v) is 2.52. The molecule has 104 valence electrons. The number of hydrogen-bond acceptors (Lipinski definition) is 3. The monoisotopic (exact) mass is 261 g/mol. The van der Waals surface area contributed by atoms with Gasteiger partial charge in [0, 0.05) is 31.0 Å². The lowest BCUT2D eigenvalue weighted by Gasteiger charge is -2.25. The van der Waals surface area contributed by atoms with Gasteiger partial charge in [-0.1, -0.05) is 18.2 Å². The van der Waals surface area contributed by atoms with E-state index in [9.17, 15) is 0 Å². The van der Waals surface area contributed by atoms with Gasteiger partial charge in [0.2, 0.25) is 0 Å². The average molecular weight is 261 g/mol. The normalized spacial score (nSPS) is 20.5. The molecule has 2 aliphatic rings. The summed E-state index contributed by atoms with van der Waals surface area (Å²) in [5.41, 5.74) is 2.53. The molecule has 3 nitrogen and oxygen atoms in total. The summed E-state index contributed by atoms with van der Waals surface area (Å²) in [6.45, 7) is 4.71. The Balaban J connectivity index is 1.69. The first kappa shape index (κ1) is 12.9. The molecule has 0 spiro atoms. The van der Waals surface area contributed by atoms with E-state index in [4.69, 9.17) is 9.47 Å². The van der Waals surface area contributed by atoms with Gasteiger partial charge in [0.1, 0.15) is 11.9 Å².